The van der Waals surface area contributed by atoms with Crippen LogP contribution >= 0.6 is 11.3 Å². The molecule has 0 bridgehead atoms. The van der Waals surface area contributed by atoms with Gasteiger partial charge in [0.1, 0.15) is 11.3 Å². The molecule has 1 amide bonds. The topological polar surface area (TPSA) is 92.4 Å². The maximum absolute atomic E-state index is 12.4. The number of nitrogens with zero attached hydrogens (tertiary/aromatic N) is 1. The zero-order valence-electron chi connectivity index (χ0n) is 12.1. The number of carbonyl (C=O) groups excluding carboxylic acids is 1. The summed E-state index contributed by atoms with van der Waals surface area (Å²) in [5, 5.41) is 14.8. The summed E-state index contributed by atoms with van der Waals surface area (Å²) in [4.78, 5) is 27.8. The molecule has 3 rings (SSSR count). The smallest absolute Gasteiger partial charge is 0.338 e. The van der Waals surface area contributed by atoms with Crippen LogP contribution in [-0.2, 0) is 5.54 Å². The second-order valence-corrected chi connectivity index (χ2v) is 6.40. The summed E-state index contributed by atoms with van der Waals surface area (Å²) in [6.07, 6.45) is 4.79. The monoisotopic (exact) mass is 320 g/mol. The molecule has 116 valence electrons. The van der Waals surface area contributed by atoms with E-state index in [1.54, 1.807) is 11.3 Å². The van der Waals surface area contributed by atoms with E-state index in [9.17, 15) is 9.59 Å². The van der Waals surface area contributed by atoms with E-state index in [4.69, 9.17) is 9.52 Å². The largest absolute Gasteiger partial charge is 0.478 e. The van der Waals surface area contributed by atoms with Crippen LogP contribution in [0, 0.1) is 6.92 Å². The Bertz CT molecular complexity index is 713. The van der Waals surface area contributed by atoms with Crippen molar-refractivity contribution in [2.75, 3.05) is 0 Å². The van der Waals surface area contributed by atoms with Crippen LogP contribution in [-0.4, -0.2) is 22.0 Å². The highest BCUT2D eigenvalue weighted by Gasteiger charge is 2.40. The number of hydrogen-bond acceptors (Lipinski definition) is 5. The molecule has 6 nitrogen and oxygen atoms in total. The molecule has 1 fully saturated rings. The van der Waals surface area contributed by atoms with Crippen LogP contribution in [0.4, 0.5) is 0 Å². The lowest BCUT2D eigenvalue weighted by atomic mass is 9.98. The van der Waals surface area contributed by atoms with Crippen molar-refractivity contribution in [2.45, 2.75) is 38.1 Å². The van der Waals surface area contributed by atoms with E-state index >= 15 is 0 Å². The van der Waals surface area contributed by atoms with E-state index in [2.05, 4.69) is 10.3 Å². The van der Waals surface area contributed by atoms with E-state index in [0.717, 1.165) is 42.6 Å². The Hall–Kier alpha value is -2.15. The van der Waals surface area contributed by atoms with Crippen molar-refractivity contribution in [3.05, 3.63) is 39.7 Å². The van der Waals surface area contributed by atoms with Gasteiger partial charge in [-0.3, -0.25) is 4.79 Å². The number of nitrogens with one attached hydrogen (secondary N) is 1. The zero-order valence-corrected chi connectivity index (χ0v) is 12.9. The molecule has 2 N–H and O–H groups in total. The fraction of sp³-hybridized carbons (Fsp3) is 0.400. The van der Waals surface area contributed by atoms with Crippen molar-refractivity contribution in [2.24, 2.45) is 0 Å². The lowest BCUT2D eigenvalue weighted by Gasteiger charge is -2.27. The molecule has 0 saturated heterocycles. The molecule has 1 aliphatic rings. The minimum atomic E-state index is -1.12. The quantitative estimate of drug-likeness (QED) is 0.903. The Balaban J connectivity index is 1.84. The van der Waals surface area contributed by atoms with Gasteiger partial charge in [0.2, 0.25) is 0 Å². The second-order valence-electron chi connectivity index (χ2n) is 5.54. The molecule has 0 atom stereocenters. The van der Waals surface area contributed by atoms with Gasteiger partial charge < -0.3 is 14.8 Å². The Morgan fingerprint density at radius 2 is 2.14 bits per heavy atom. The number of furan rings is 1. The average Bonchev–Trinajstić information content (AvgIpc) is 3.17. The molecule has 0 spiro atoms. The predicted octanol–water partition coefficient (Wildman–Crippen LogP) is 2.94. The lowest BCUT2D eigenvalue weighted by molar-refractivity contribution is 0.0695. The minimum Gasteiger partial charge on any atom is -0.478 e. The Morgan fingerprint density at radius 1 is 1.41 bits per heavy atom. The molecular formula is C15H16N2O4S. The number of carboxylic acid groups (broad SMARTS) is 1. The third-order valence-electron chi connectivity index (χ3n) is 3.91. The number of carbonyl (C=O) groups is 2. The first-order valence-corrected chi connectivity index (χ1v) is 7.95. The van der Waals surface area contributed by atoms with Crippen LogP contribution in [0.2, 0.25) is 0 Å². The van der Waals surface area contributed by atoms with Crippen molar-refractivity contribution in [3.8, 4) is 0 Å². The van der Waals surface area contributed by atoms with Crippen molar-refractivity contribution >= 4 is 23.2 Å². The second kappa shape index (κ2) is 5.57. The van der Waals surface area contributed by atoms with E-state index in [1.807, 2.05) is 12.3 Å². The van der Waals surface area contributed by atoms with Gasteiger partial charge in [-0.2, -0.15) is 0 Å². The van der Waals surface area contributed by atoms with E-state index in [-0.39, 0.29) is 11.3 Å². The van der Waals surface area contributed by atoms with Crippen molar-refractivity contribution in [3.63, 3.8) is 0 Å². The number of hydrogen-bond donors (Lipinski definition) is 2. The van der Waals surface area contributed by atoms with Gasteiger partial charge in [0.05, 0.1) is 11.1 Å². The van der Waals surface area contributed by atoms with Crippen molar-refractivity contribution < 1.29 is 19.1 Å². The third-order valence-corrected chi connectivity index (χ3v) is 5.07. The number of aromatic carboxylic acids is 1. The van der Waals surface area contributed by atoms with Crippen LogP contribution < -0.4 is 5.32 Å². The van der Waals surface area contributed by atoms with Gasteiger partial charge in [-0.05, 0) is 19.8 Å². The summed E-state index contributed by atoms with van der Waals surface area (Å²) >= 11 is 1.54. The molecular weight excluding hydrogens is 304 g/mol. The van der Waals surface area contributed by atoms with Gasteiger partial charge in [-0.1, -0.05) is 12.8 Å². The Kier molecular flexibility index (Phi) is 3.74. The molecule has 2 aromatic heterocycles. The number of amides is 1. The average molecular weight is 320 g/mol. The fourth-order valence-corrected chi connectivity index (χ4v) is 3.80. The van der Waals surface area contributed by atoms with Gasteiger partial charge in [0, 0.05) is 17.1 Å². The molecule has 2 aromatic rings. The standard InChI is InChI=1S/C15H16N2O4S/c1-9-8-22-14(16-9)15(4-2-3-5-15)17-12(18)11-6-10(7-21-11)13(19)20/h6-8H,2-5H2,1H3,(H,17,18)(H,19,20). The predicted molar refractivity (Wildman–Crippen MR) is 80.1 cm³/mol. The SMILES string of the molecule is Cc1csc(C2(NC(=O)c3cc(C(=O)O)co3)CCCC2)n1. The van der Waals surface area contributed by atoms with Crippen LogP contribution in [0.3, 0.4) is 0 Å². The summed E-state index contributed by atoms with van der Waals surface area (Å²) in [7, 11) is 0. The summed E-state index contributed by atoms with van der Waals surface area (Å²) in [6.45, 7) is 1.93. The Labute approximate surface area is 131 Å². The first kappa shape index (κ1) is 14.8. The van der Waals surface area contributed by atoms with Gasteiger partial charge in [0.15, 0.2) is 5.76 Å². The molecule has 0 aromatic carbocycles. The zero-order chi connectivity index (χ0) is 15.7. The van der Waals surface area contributed by atoms with Crippen molar-refractivity contribution in [1.29, 1.82) is 0 Å². The molecule has 0 unspecified atom stereocenters. The molecule has 22 heavy (non-hydrogen) atoms. The number of aryl methyl sites for hydroxylation is 1. The first-order chi connectivity index (χ1) is 10.5. The molecule has 0 radical (unpaired) electrons. The van der Waals surface area contributed by atoms with E-state index in [0.29, 0.717) is 0 Å². The first-order valence-electron chi connectivity index (χ1n) is 7.07. The molecule has 2 heterocycles. The van der Waals surface area contributed by atoms with Crippen molar-refractivity contribution in [1.82, 2.24) is 10.3 Å². The summed E-state index contributed by atoms with van der Waals surface area (Å²) in [5.74, 6) is -1.51. The van der Waals surface area contributed by atoms with Crippen LogP contribution in [0.5, 0.6) is 0 Å². The van der Waals surface area contributed by atoms with E-state index < -0.39 is 17.4 Å². The van der Waals surface area contributed by atoms with Gasteiger partial charge in [0.25, 0.3) is 5.91 Å². The maximum atomic E-state index is 12.4. The third kappa shape index (κ3) is 2.64. The van der Waals surface area contributed by atoms with E-state index in [1.165, 1.54) is 6.07 Å². The normalized spacial score (nSPS) is 16.6. The number of rotatable bonds is 4. The van der Waals surface area contributed by atoms with Crippen LogP contribution in [0.25, 0.3) is 0 Å². The number of thiazole rings is 1. The summed E-state index contributed by atoms with van der Waals surface area (Å²) < 4.78 is 5.07. The lowest BCUT2D eigenvalue weighted by Crippen LogP contribution is -2.43. The van der Waals surface area contributed by atoms with Gasteiger partial charge in [-0.15, -0.1) is 11.3 Å². The number of carboxylic acids is 1. The van der Waals surface area contributed by atoms with Crippen LogP contribution in [0.15, 0.2) is 22.1 Å². The van der Waals surface area contributed by atoms with Gasteiger partial charge >= 0.3 is 5.97 Å². The molecule has 1 aliphatic carbocycles. The Morgan fingerprint density at radius 3 is 2.68 bits per heavy atom. The highest BCUT2D eigenvalue weighted by Crippen LogP contribution is 2.40. The minimum absolute atomic E-state index is 0.0111. The number of aromatic nitrogens is 1. The summed E-state index contributed by atoms with van der Waals surface area (Å²) in [5.41, 5.74) is 0.439. The van der Waals surface area contributed by atoms with Gasteiger partial charge in [-0.25, -0.2) is 9.78 Å². The summed E-state index contributed by atoms with van der Waals surface area (Å²) in [6, 6.07) is 1.24. The maximum Gasteiger partial charge on any atom is 0.338 e. The highest BCUT2D eigenvalue weighted by molar-refractivity contribution is 7.09. The highest BCUT2D eigenvalue weighted by atomic mass is 32.1. The molecule has 7 heteroatoms. The molecule has 1 saturated carbocycles. The van der Waals surface area contributed by atoms with Crippen LogP contribution in [0.1, 0.15) is 57.3 Å². The molecule has 0 aliphatic heterocycles. The fourth-order valence-electron chi connectivity index (χ4n) is 2.79.